The van der Waals surface area contributed by atoms with Gasteiger partial charge in [-0.2, -0.15) is 0 Å². The smallest absolute Gasteiger partial charge is 0.0562 e. The molecule has 0 saturated carbocycles. The molecule has 292 valence electrons. The molecule has 0 spiro atoms. The minimum Gasteiger partial charge on any atom is -0.310 e. The Hall–Kier alpha value is -8.20. The third-order valence-electron chi connectivity index (χ3n) is 12.0. The fourth-order valence-corrected chi connectivity index (χ4v) is 9.06. The minimum atomic E-state index is 1.08. The number of fused-ring (bicyclic) bond motifs is 3. The average molecular weight is 791 g/mol. The Kier molecular flexibility index (Phi) is 9.57. The van der Waals surface area contributed by atoms with E-state index in [9.17, 15) is 0 Å². The lowest BCUT2D eigenvalue weighted by Gasteiger charge is -2.27. The molecule has 0 radical (unpaired) electrons. The number of hydrogen-bond donors (Lipinski definition) is 0. The third-order valence-corrected chi connectivity index (χ3v) is 12.0. The van der Waals surface area contributed by atoms with Crippen molar-refractivity contribution in [1.29, 1.82) is 0 Å². The Bertz CT molecular complexity index is 3330. The summed E-state index contributed by atoms with van der Waals surface area (Å²) in [6.45, 7) is 0. The summed E-state index contributed by atoms with van der Waals surface area (Å²) < 4.78 is 2.46. The molecule has 0 aliphatic heterocycles. The van der Waals surface area contributed by atoms with Gasteiger partial charge in [-0.3, -0.25) is 0 Å². The molecule has 1 heterocycles. The summed E-state index contributed by atoms with van der Waals surface area (Å²) in [6.07, 6.45) is 0. The molecule has 2 heteroatoms. The van der Waals surface area contributed by atoms with Crippen LogP contribution in [0, 0.1) is 0 Å². The summed E-state index contributed by atoms with van der Waals surface area (Å²) in [5.41, 5.74) is 18.6. The van der Waals surface area contributed by atoms with Gasteiger partial charge in [-0.1, -0.05) is 200 Å². The van der Waals surface area contributed by atoms with Gasteiger partial charge >= 0.3 is 0 Å². The second-order valence-corrected chi connectivity index (χ2v) is 15.7. The van der Waals surface area contributed by atoms with Crippen LogP contribution in [0.5, 0.6) is 0 Å². The van der Waals surface area contributed by atoms with Crippen molar-refractivity contribution in [3.8, 4) is 61.3 Å². The van der Waals surface area contributed by atoms with Crippen molar-refractivity contribution in [2.45, 2.75) is 0 Å². The van der Waals surface area contributed by atoms with Crippen molar-refractivity contribution in [3.05, 3.63) is 255 Å². The van der Waals surface area contributed by atoms with E-state index in [1.165, 1.54) is 66.4 Å². The topological polar surface area (TPSA) is 8.17 Å². The third kappa shape index (κ3) is 6.84. The maximum absolute atomic E-state index is 2.46. The maximum Gasteiger partial charge on any atom is 0.0562 e. The van der Waals surface area contributed by atoms with Crippen LogP contribution in [0.3, 0.4) is 0 Å². The molecule has 0 N–H and O–H groups in total. The van der Waals surface area contributed by atoms with Gasteiger partial charge in [-0.25, -0.2) is 0 Å². The predicted molar refractivity (Wildman–Crippen MR) is 263 cm³/mol. The maximum atomic E-state index is 2.46. The highest BCUT2D eigenvalue weighted by Crippen LogP contribution is 2.43. The molecule has 0 saturated heterocycles. The van der Waals surface area contributed by atoms with E-state index in [2.05, 4.69) is 264 Å². The summed E-state index contributed by atoms with van der Waals surface area (Å²) in [4.78, 5) is 2.40. The largest absolute Gasteiger partial charge is 0.310 e. The van der Waals surface area contributed by atoms with Crippen LogP contribution in [-0.2, 0) is 0 Å². The van der Waals surface area contributed by atoms with E-state index in [4.69, 9.17) is 0 Å². The molecule has 0 amide bonds. The predicted octanol–water partition coefficient (Wildman–Crippen LogP) is 16.6. The molecule has 1 aromatic heterocycles. The van der Waals surface area contributed by atoms with Crippen LogP contribution in [0.2, 0.25) is 0 Å². The fourth-order valence-electron chi connectivity index (χ4n) is 9.06. The van der Waals surface area contributed by atoms with Crippen molar-refractivity contribution in [1.82, 2.24) is 4.57 Å². The number of para-hydroxylation sites is 2. The summed E-state index contributed by atoms with van der Waals surface area (Å²) in [5, 5.41) is 2.43. The Morgan fingerprint density at radius 2 is 0.710 bits per heavy atom. The van der Waals surface area contributed by atoms with E-state index in [1.807, 2.05) is 0 Å². The van der Waals surface area contributed by atoms with Gasteiger partial charge in [0, 0.05) is 33.4 Å². The quantitative estimate of drug-likeness (QED) is 0.141. The Morgan fingerprint density at radius 3 is 1.44 bits per heavy atom. The number of benzene rings is 10. The number of hydrogen-bond acceptors (Lipinski definition) is 1. The molecule has 0 atom stereocenters. The lowest BCUT2D eigenvalue weighted by molar-refractivity contribution is 1.18. The van der Waals surface area contributed by atoms with Crippen molar-refractivity contribution in [2.24, 2.45) is 0 Å². The van der Waals surface area contributed by atoms with Gasteiger partial charge in [-0.05, 0) is 105 Å². The number of nitrogens with zero attached hydrogens (tertiary/aromatic N) is 2. The first-order chi connectivity index (χ1) is 30.8. The molecule has 62 heavy (non-hydrogen) atoms. The number of anilines is 3. The molecule has 2 nitrogen and oxygen atoms in total. The van der Waals surface area contributed by atoms with Crippen LogP contribution in [0.15, 0.2) is 255 Å². The zero-order valence-electron chi connectivity index (χ0n) is 34.1. The van der Waals surface area contributed by atoms with Crippen molar-refractivity contribution >= 4 is 38.9 Å². The number of rotatable bonds is 9. The van der Waals surface area contributed by atoms with Crippen molar-refractivity contribution < 1.29 is 0 Å². The molecule has 0 bridgehead atoms. The molecule has 10 aromatic carbocycles. The first-order valence-electron chi connectivity index (χ1n) is 21.3. The lowest BCUT2D eigenvalue weighted by Crippen LogP contribution is -2.10. The van der Waals surface area contributed by atoms with Crippen LogP contribution in [0.1, 0.15) is 0 Å². The molecule has 0 aliphatic rings. The monoisotopic (exact) mass is 790 g/mol. The standard InChI is InChI=1S/C60H42N2/c1-4-18-43(19-5-1)45-34-36-50(37-35-45)61(51-27-17-26-49(41-51)54-29-11-10-28-53(54)46-22-8-3-9-23-46)52-38-39-57-56-31-13-15-33-59(56)62(60(57)42-52)58-32-14-12-30-55(58)48-25-16-24-47(40-48)44-20-6-2-7-21-44/h1-42H. The Balaban J connectivity index is 1.10. The normalized spacial score (nSPS) is 11.2. The van der Waals surface area contributed by atoms with E-state index < -0.39 is 0 Å². The van der Waals surface area contributed by atoms with Gasteiger partial charge in [0.15, 0.2) is 0 Å². The zero-order valence-corrected chi connectivity index (χ0v) is 34.1. The van der Waals surface area contributed by atoms with E-state index >= 15 is 0 Å². The zero-order chi connectivity index (χ0) is 41.2. The fraction of sp³-hybridized carbons (Fsp3) is 0. The first-order valence-corrected chi connectivity index (χ1v) is 21.3. The summed E-state index contributed by atoms with van der Waals surface area (Å²) >= 11 is 0. The average Bonchev–Trinajstić information content (AvgIpc) is 3.69. The van der Waals surface area contributed by atoms with Gasteiger partial charge in [0.05, 0.1) is 16.7 Å². The van der Waals surface area contributed by atoms with Crippen LogP contribution < -0.4 is 4.90 Å². The Morgan fingerprint density at radius 1 is 0.242 bits per heavy atom. The second-order valence-electron chi connectivity index (χ2n) is 15.7. The highest BCUT2D eigenvalue weighted by Gasteiger charge is 2.20. The first kappa shape index (κ1) is 36.8. The molecule has 11 rings (SSSR count). The van der Waals surface area contributed by atoms with E-state index in [0.29, 0.717) is 0 Å². The van der Waals surface area contributed by atoms with Crippen LogP contribution >= 0.6 is 0 Å². The van der Waals surface area contributed by atoms with Crippen molar-refractivity contribution in [3.63, 3.8) is 0 Å². The highest BCUT2D eigenvalue weighted by molar-refractivity contribution is 6.11. The van der Waals surface area contributed by atoms with Crippen LogP contribution in [-0.4, -0.2) is 4.57 Å². The second kappa shape index (κ2) is 16.1. The summed E-state index contributed by atoms with van der Waals surface area (Å²) in [7, 11) is 0. The van der Waals surface area contributed by atoms with Crippen molar-refractivity contribution in [2.75, 3.05) is 4.90 Å². The van der Waals surface area contributed by atoms with Gasteiger partial charge in [-0.15, -0.1) is 0 Å². The van der Waals surface area contributed by atoms with Gasteiger partial charge in [0.1, 0.15) is 0 Å². The van der Waals surface area contributed by atoms with Gasteiger partial charge in [0.25, 0.3) is 0 Å². The molecule has 0 unspecified atom stereocenters. The number of aromatic nitrogens is 1. The van der Waals surface area contributed by atoms with E-state index in [0.717, 1.165) is 33.8 Å². The molecule has 0 fully saturated rings. The summed E-state index contributed by atoms with van der Waals surface area (Å²) in [6, 6.07) is 92.1. The van der Waals surface area contributed by atoms with E-state index in [1.54, 1.807) is 0 Å². The van der Waals surface area contributed by atoms with Gasteiger partial charge < -0.3 is 9.47 Å². The molecular weight excluding hydrogens is 749 g/mol. The van der Waals surface area contributed by atoms with E-state index in [-0.39, 0.29) is 0 Å². The van der Waals surface area contributed by atoms with Gasteiger partial charge in [0.2, 0.25) is 0 Å². The van der Waals surface area contributed by atoms with Crippen LogP contribution in [0.25, 0.3) is 83.1 Å². The SMILES string of the molecule is c1ccc(-c2ccc(N(c3cccc(-c4ccccc4-c4ccccc4)c3)c3ccc4c5ccccc5n(-c5ccccc5-c5cccc(-c6ccccc6)c5)c4c3)cc2)cc1. The minimum absolute atomic E-state index is 1.08. The summed E-state index contributed by atoms with van der Waals surface area (Å²) in [5.74, 6) is 0. The lowest BCUT2D eigenvalue weighted by atomic mass is 9.94. The molecule has 11 aromatic rings. The van der Waals surface area contributed by atoms with Crippen LogP contribution in [0.4, 0.5) is 17.1 Å². The molecule has 0 aliphatic carbocycles. The Labute approximate surface area is 362 Å². The molecular formula is C60H42N2. The highest BCUT2D eigenvalue weighted by atomic mass is 15.1.